The van der Waals surface area contributed by atoms with Crippen molar-refractivity contribution in [2.24, 2.45) is 11.7 Å². The second-order valence-electron chi connectivity index (χ2n) is 4.40. The van der Waals surface area contributed by atoms with Crippen molar-refractivity contribution in [1.82, 2.24) is 0 Å². The van der Waals surface area contributed by atoms with Crippen molar-refractivity contribution in [2.75, 3.05) is 12.0 Å². The molecule has 2 atom stereocenters. The fourth-order valence-corrected chi connectivity index (χ4v) is 2.60. The molecule has 0 heterocycles. The predicted molar refractivity (Wildman–Crippen MR) is 59.3 cm³/mol. The lowest BCUT2D eigenvalue weighted by molar-refractivity contribution is -0.123. The highest BCUT2D eigenvalue weighted by Gasteiger charge is 2.28. The van der Waals surface area contributed by atoms with Gasteiger partial charge in [0.25, 0.3) is 0 Å². The Hall–Kier alpha value is -0.420. The van der Waals surface area contributed by atoms with Crippen molar-refractivity contribution >= 4 is 15.6 Å². The van der Waals surface area contributed by atoms with Crippen molar-refractivity contribution in [2.45, 2.75) is 38.1 Å². The summed E-state index contributed by atoms with van der Waals surface area (Å²) in [6.45, 7) is 0. The number of hydrogen-bond donors (Lipinski definition) is 1. The van der Waals surface area contributed by atoms with Crippen LogP contribution in [0.3, 0.4) is 0 Å². The first-order valence-electron chi connectivity index (χ1n) is 5.36. The molecule has 0 bridgehead atoms. The van der Waals surface area contributed by atoms with Crippen molar-refractivity contribution < 1.29 is 13.2 Å². The molecule has 1 saturated carbocycles. The van der Waals surface area contributed by atoms with E-state index in [4.69, 9.17) is 5.73 Å². The number of sulfone groups is 1. The second kappa shape index (κ2) is 5.07. The topological polar surface area (TPSA) is 77.2 Å². The Labute approximate surface area is 91.1 Å². The molecule has 0 spiro atoms. The Bertz CT molecular complexity index is 324. The summed E-state index contributed by atoms with van der Waals surface area (Å²) < 4.78 is 21.8. The van der Waals surface area contributed by atoms with Crippen LogP contribution in [0.2, 0.25) is 0 Å². The quantitative estimate of drug-likeness (QED) is 0.767. The number of rotatable bonds is 4. The first-order valence-corrected chi connectivity index (χ1v) is 7.42. The number of hydrogen-bond acceptors (Lipinski definition) is 4. The fraction of sp³-hybridized carbons (Fsp3) is 0.900. The molecule has 15 heavy (non-hydrogen) atoms. The van der Waals surface area contributed by atoms with Crippen LogP contribution in [-0.4, -0.2) is 32.3 Å². The number of Topliss-reactive ketones (excluding diaryl/α,β-unsaturated/α-hetero) is 1. The third-order valence-electron chi connectivity index (χ3n) is 2.95. The van der Waals surface area contributed by atoms with Gasteiger partial charge in [0.15, 0.2) is 0 Å². The Kier molecular flexibility index (Phi) is 4.28. The van der Waals surface area contributed by atoms with Crippen LogP contribution in [0.25, 0.3) is 0 Å². The number of carbonyl (C=O) groups is 1. The molecule has 0 aromatic rings. The van der Waals surface area contributed by atoms with Gasteiger partial charge in [-0.05, 0) is 12.8 Å². The highest BCUT2D eigenvalue weighted by molar-refractivity contribution is 7.90. The summed E-state index contributed by atoms with van der Waals surface area (Å²) in [7, 11) is -3.04. The minimum atomic E-state index is -3.04. The van der Waals surface area contributed by atoms with Crippen LogP contribution in [0.4, 0.5) is 0 Å². The van der Waals surface area contributed by atoms with Gasteiger partial charge in [0.05, 0.1) is 5.75 Å². The molecule has 0 saturated heterocycles. The van der Waals surface area contributed by atoms with E-state index in [1.807, 2.05) is 0 Å². The van der Waals surface area contributed by atoms with Crippen LogP contribution < -0.4 is 5.73 Å². The minimum absolute atomic E-state index is 0.0209. The zero-order valence-electron chi connectivity index (χ0n) is 9.11. The van der Waals surface area contributed by atoms with Crippen LogP contribution in [0, 0.1) is 5.92 Å². The molecule has 1 aliphatic rings. The molecule has 1 fully saturated rings. The predicted octanol–water partition coefficient (Wildman–Crippen LogP) is 0.508. The zero-order chi connectivity index (χ0) is 11.5. The summed E-state index contributed by atoms with van der Waals surface area (Å²) >= 11 is 0. The molecule has 4 nitrogen and oxygen atoms in total. The van der Waals surface area contributed by atoms with E-state index in [2.05, 4.69) is 0 Å². The average molecular weight is 233 g/mol. The number of ketones is 1. The smallest absolute Gasteiger partial charge is 0.147 e. The van der Waals surface area contributed by atoms with E-state index in [1.54, 1.807) is 0 Å². The average Bonchev–Trinajstić information content (AvgIpc) is 2.14. The van der Waals surface area contributed by atoms with Gasteiger partial charge in [-0.1, -0.05) is 12.8 Å². The highest BCUT2D eigenvalue weighted by atomic mass is 32.2. The van der Waals surface area contributed by atoms with E-state index >= 15 is 0 Å². The SMILES string of the molecule is CS(=O)(=O)CCC(=O)C1CCCCC1N. The molecule has 2 N–H and O–H groups in total. The van der Waals surface area contributed by atoms with Gasteiger partial charge in [0.2, 0.25) is 0 Å². The maximum absolute atomic E-state index is 11.7. The van der Waals surface area contributed by atoms with Gasteiger partial charge in [-0.3, -0.25) is 4.79 Å². The van der Waals surface area contributed by atoms with Gasteiger partial charge >= 0.3 is 0 Å². The minimum Gasteiger partial charge on any atom is -0.327 e. The molecular weight excluding hydrogens is 214 g/mol. The van der Waals surface area contributed by atoms with Crippen LogP contribution in [-0.2, 0) is 14.6 Å². The van der Waals surface area contributed by atoms with Gasteiger partial charge in [0, 0.05) is 24.6 Å². The highest BCUT2D eigenvalue weighted by Crippen LogP contribution is 2.24. The Morgan fingerprint density at radius 2 is 1.93 bits per heavy atom. The summed E-state index contributed by atoms with van der Waals surface area (Å²) in [6.07, 6.45) is 5.09. The molecule has 0 amide bonds. The lowest BCUT2D eigenvalue weighted by atomic mass is 9.81. The van der Waals surface area contributed by atoms with Crippen LogP contribution in [0.1, 0.15) is 32.1 Å². The van der Waals surface area contributed by atoms with Gasteiger partial charge in [-0.25, -0.2) is 8.42 Å². The summed E-state index contributed by atoms with van der Waals surface area (Å²) in [4.78, 5) is 11.7. The molecular formula is C10H19NO3S. The molecule has 88 valence electrons. The van der Waals surface area contributed by atoms with Crippen molar-refractivity contribution in [1.29, 1.82) is 0 Å². The summed E-state index contributed by atoms with van der Waals surface area (Å²) in [6, 6.07) is -0.0641. The third kappa shape index (κ3) is 4.30. The van der Waals surface area contributed by atoms with Crippen LogP contribution in [0.5, 0.6) is 0 Å². The van der Waals surface area contributed by atoms with E-state index in [0.29, 0.717) is 0 Å². The second-order valence-corrected chi connectivity index (χ2v) is 6.66. The molecule has 1 aliphatic carbocycles. The lowest BCUT2D eigenvalue weighted by Gasteiger charge is -2.27. The van der Waals surface area contributed by atoms with Crippen LogP contribution in [0.15, 0.2) is 0 Å². The van der Waals surface area contributed by atoms with Gasteiger partial charge < -0.3 is 5.73 Å². The Morgan fingerprint density at radius 3 is 2.47 bits per heavy atom. The normalized spacial score (nSPS) is 27.6. The molecule has 0 radical (unpaired) electrons. The number of nitrogens with two attached hydrogens (primary N) is 1. The standard InChI is InChI=1S/C10H19NO3S/c1-15(13,14)7-6-10(12)8-4-2-3-5-9(8)11/h8-9H,2-7,11H2,1H3. The monoisotopic (exact) mass is 233 g/mol. The van der Waals surface area contributed by atoms with E-state index in [0.717, 1.165) is 31.9 Å². The Morgan fingerprint density at radius 1 is 1.33 bits per heavy atom. The van der Waals surface area contributed by atoms with Crippen molar-refractivity contribution in [3.05, 3.63) is 0 Å². The van der Waals surface area contributed by atoms with E-state index in [1.165, 1.54) is 0 Å². The van der Waals surface area contributed by atoms with Gasteiger partial charge in [0.1, 0.15) is 15.6 Å². The summed E-state index contributed by atoms with van der Waals surface area (Å²) in [5.41, 5.74) is 5.85. The largest absolute Gasteiger partial charge is 0.327 e. The molecule has 0 aromatic carbocycles. The molecule has 1 rings (SSSR count). The maximum atomic E-state index is 11.7. The van der Waals surface area contributed by atoms with Crippen LogP contribution >= 0.6 is 0 Å². The fourth-order valence-electron chi connectivity index (χ4n) is 2.03. The molecule has 2 unspecified atom stereocenters. The Balaban J connectivity index is 2.45. The first kappa shape index (κ1) is 12.6. The third-order valence-corrected chi connectivity index (χ3v) is 3.90. The lowest BCUT2D eigenvalue weighted by Crippen LogP contribution is -2.38. The van der Waals surface area contributed by atoms with E-state index < -0.39 is 9.84 Å². The van der Waals surface area contributed by atoms with E-state index in [9.17, 15) is 13.2 Å². The number of carbonyl (C=O) groups excluding carboxylic acids is 1. The van der Waals surface area contributed by atoms with E-state index in [-0.39, 0.29) is 29.9 Å². The molecule has 5 heteroatoms. The van der Waals surface area contributed by atoms with Gasteiger partial charge in [-0.2, -0.15) is 0 Å². The molecule has 0 aliphatic heterocycles. The van der Waals surface area contributed by atoms with Gasteiger partial charge in [-0.15, -0.1) is 0 Å². The van der Waals surface area contributed by atoms with Crippen molar-refractivity contribution in [3.8, 4) is 0 Å². The molecule has 0 aromatic heterocycles. The first-order chi connectivity index (χ1) is 6.90. The summed E-state index contributed by atoms with van der Waals surface area (Å²) in [5, 5.41) is 0. The van der Waals surface area contributed by atoms with Crippen molar-refractivity contribution in [3.63, 3.8) is 0 Å². The zero-order valence-corrected chi connectivity index (χ0v) is 9.92. The maximum Gasteiger partial charge on any atom is 0.147 e. The summed E-state index contributed by atoms with van der Waals surface area (Å²) in [5.74, 6) is -0.136.